The summed E-state index contributed by atoms with van der Waals surface area (Å²) in [6, 6.07) is 10.2. The maximum absolute atomic E-state index is 13.4. The first-order valence-electron chi connectivity index (χ1n) is 6.03. The second kappa shape index (κ2) is 6.45. The van der Waals surface area contributed by atoms with E-state index in [1.54, 1.807) is 29.5 Å². The molecule has 1 aromatic carbocycles. The fourth-order valence-electron chi connectivity index (χ4n) is 1.80. The van der Waals surface area contributed by atoms with Gasteiger partial charge in [-0.1, -0.05) is 18.2 Å². The quantitative estimate of drug-likeness (QED) is 0.855. The van der Waals surface area contributed by atoms with E-state index in [2.05, 4.69) is 5.32 Å². The highest BCUT2D eigenvalue weighted by Crippen LogP contribution is 2.11. The molecular weight excluding hydrogens is 263 g/mol. The summed E-state index contributed by atoms with van der Waals surface area (Å²) in [5.41, 5.74) is 0.233. The number of carbonyl (C=O) groups excluding carboxylic acids is 1. The number of amides is 1. The number of thiophene rings is 1. The molecule has 2 N–H and O–H groups in total. The number of hydrogen-bond donors (Lipinski definition) is 2. The van der Waals surface area contributed by atoms with Crippen molar-refractivity contribution in [3.63, 3.8) is 0 Å². The van der Waals surface area contributed by atoms with Crippen LogP contribution in [0.4, 0.5) is 10.1 Å². The third kappa shape index (κ3) is 4.15. The SMILES string of the molecule is C[NH+](CC(=O)Nc1ccccc1F)Cc1cccs1. The Morgan fingerprint density at radius 3 is 2.79 bits per heavy atom. The number of rotatable bonds is 5. The number of carbonyl (C=O) groups is 1. The van der Waals surface area contributed by atoms with E-state index in [4.69, 9.17) is 0 Å². The largest absolute Gasteiger partial charge is 0.325 e. The summed E-state index contributed by atoms with van der Waals surface area (Å²) in [7, 11) is 1.95. The van der Waals surface area contributed by atoms with Crippen molar-refractivity contribution in [3.05, 3.63) is 52.5 Å². The molecule has 0 aliphatic rings. The molecule has 0 saturated carbocycles. The van der Waals surface area contributed by atoms with Crippen LogP contribution < -0.4 is 10.2 Å². The van der Waals surface area contributed by atoms with Gasteiger partial charge in [0.05, 0.1) is 17.6 Å². The zero-order valence-corrected chi connectivity index (χ0v) is 11.5. The van der Waals surface area contributed by atoms with Crippen molar-refractivity contribution in [1.29, 1.82) is 0 Å². The molecule has 0 fully saturated rings. The Morgan fingerprint density at radius 2 is 2.11 bits per heavy atom. The predicted molar refractivity (Wildman–Crippen MR) is 74.8 cm³/mol. The normalized spacial score (nSPS) is 12.1. The van der Waals surface area contributed by atoms with Crippen LogP contribution in [0.15, 0.2) is 41.8 Å². The van der Waals surface area contributed by atoms with Gasteiger partial charge >= 0.3 is 0 Å². The highest BCUT2D eigenvalue weighted by Gasteiger charge is 2.12. The molecule has 2 rings (SSSR count). The molecule has 3 nitrogen and oxygen atoms in total. The van der Waals surface area contributed by atoms with E-state index in [-0.39, 0.29) is 11.6 Å². The van der Waals surface area contributed by atoms with Crippen LogP contribution in [0.25, 0.3) is 0 Å². The number of benzene rings is 1. The molecule has 2 aromatic rings. The summed E-state index contributed by atoms with van der Waals surface area (Å²) in [6.07, 6.45) is 0. The first-order valence-corrected chi connectivity index (χ1v) is 6.91. The average Bonchev–Trinajstić information content (AvgIpc) is 2.84. The number of anilines is 1. The summed E-state index contributed by atoms with van der Waals surface area (Å²) < 4.78 is 13.4. The molecule has 0 aliphatic heterocycles. The van der Waals surface area contributed by atoms with Crippen LogP contribution in [-0.2, 0) is 11.3 Å². The summed E-state index contributed by atoms with van der Waals surface area (Å²) in [6.45, 7) is 1.11. The molecule has 1 atom stereocenters. The van der Waals surface area contributed by atoms with Crippen LogP contribution in [-0.4, -0.2) is 19.5 Å². The standard InChI is InChI=1S/C14H15FN2OS/c1-17(9-11-5-4-8-19-11)10-14(18)16-13-7-3-2-6-12(13)15/h2-8H,9-10H2,1H3,(H,16,18)/p+1. The van der Waals surface area contributed by atoms with Gasteiger partial charge in [-0.3, -0.25) is 4.79 Å². The summed E-state index contributed by atoms with van der Waals surface area (Å²) in [4.78, 5) is 14.1. The topological polar surface area (TPSA) is 33.5 Å². The van der Waals surface area contributed by atoms with E-state index >= 15 is 0 Å². The minimum Gasteiger partial charge on any atom is -0.325 e. The molecule has 100 valence electrons. The zero-order valence-electron chi connectivity index (χ0n) is 10.7. The molecule has 19 heavy (non-hydrogen) atoms. The summed E-state index contributed by atoms with van der Waals surface area (Å²) in [5.74, 6) is -0.592. The van der Waals surface area contributed by atoms with E-state index < -0.39 is 5.82 Å². The average molecular weight is 279 g/mol. The monoisotopic (exact) mass is 279 g/mol. The molecular formula is C14H16FN2OS+. The molecule has 0 spiro atoms. The number of nitrogens with one attached hydrogen (secondary N) is 2. The van der Waals surface area contributed by atoms with Crippen LogP contribution in [0.5, 0.6) is 0 Å². The fraction of sp³-hybridized carbons (Fsp3) is 0.214. The van der Waals surface area contributed by atoms with Crippen molar-refractivity contribution in [2.45, 2.75) is 6.54 Å². The van der Waals surface area contributed by atoms with Crippen LogP contribution in [0, 0.1) is 5.82 Å². The lowest BCUT2D eigenvalue weighted by Crippen LogP contribution is -3.08. The second-order valence-corrected chi connectivity index (χ2v) is 5.45. The van der Waals surface area contributed by atoms with Gasteiger partial charge in [-0.15, -0.1) is 11.3 Å². The van der Waals surface area contributed by atoms with Gasteiger partial charge in [0.1, 0.15) is 12.4 Å². The Balaban J connectivity index is 1.86. The highest BCUT2D eigenvalue weighted by molar-refractivity contribution is 7.09. The van der Waals surface area contributed by atoms with Crippen LogP contribution >= 0.6 is 11.3 Å². The van der Waals surface area contributed by atoms with Crippen LogP contribution in [0.1, 0.15) is 4.88 Å². The fourth-order valence-corrected chi connectivity index (χ4v) is 2.62. The maximum atomic E-state index is 13.4. The second-order valence-electron chi connectivity index (χ2n) is 4.42. The van der Waals surface area contributed by atoms with Crippen molar-refractivity contribution >= 4 is 22.9 Å². The Morgan fingerprint density at radius 1 is 1.32 bits per heavy atom. The van der Waals surface area contributed by atoms with Crippen LogP contribution in [0.3, 0.4) is 0 Å². The highest BCUT2D eigenvalue weighted by atomic mass is 32.1. The van der Waals surface area contributed by atoms with Gasteiger partial charge in [0.25, 0.3) is 5.91 Å². The van der Waals surface area contributed by atoms with Gasteiger partial charge < -0.3 is 10.2 Å². The van der Waals surface area contributed by atoms with Crippen molar-refractivity contribution in [3.8, 4) is 0 Å². The van der Waals surface area contributed by atoms with Crippen LogP contribution in [0.2, 0.25) is 0 Å². The Bertz CT molecular complexity index is 542. The number of likely N-dealkylation sites (N-methyl/N-ethyl adjacent to an activating group) is 1. The molecule has 0 bridgehead atoms. The van der Waals surface area contributed by atoms with Crippen molar-refractivity contribution in [2.75, 3.05) is 18.9 Å². The Labute approximate surface area is 115 Å². The number of hydrogen-bond acceptors (Lipinski definition) is 2. The summed E-state index contributed by atoms with van der Waals surface area (Å²) in [5, 5.41) is 4.61. The van der Waals surface area contributed by atoms with E-state index in [0.717, 1.165) is 11.4 Å². The number of quaternary nitrogens is 1. The minimum atomic E-state index is -0.410. The van der Waals surface area contributed by atoms with Gasteiger partial charge in [0.15, 0.2) is 6.54 Å². The van der Waals surface area contributed by atoms with Gasteiger partial charge in [0.2, 0.25) is 0 Å². The molecule has 0 aliphatic carbocycles. The molecule has 1 heterocycles. The third-order valence-electron chi connectivity index (χ3n) is 2.67. The van der Waals surface area contributed by atoms with E-state index in [0.29, 0.717) is 6.54 Å². The predicted octanol–water partition coefficient (Wildman–Crippen LogP) is 1.54. The lowest BCUT2D eigenvalue weighted by molar-refractivity contribution is -0.884. The first kappa shape index (κ1) is 13.7. The van der Waals surface area contributed by atoms with Gasteiger partial charge in [0, 0.05) is 0 Å². The van der Waals surface area contributed by atoms with Gasteiger partial charge in [-0.05, 0) is 23.6 Å². The van der Waals surface area contributed by atoms with Crippen molar-refractivity contribution in [1.82, 2.24) is 0 Å². The van der Waals surface area contributed by atoms with Crippen molar-refractivity contribution < 1.29 is 14.1 Å². The van der Waals surface area contributed by atoms with E-state index in [1.165, 1.54) is 10.9 Å². The molecule has 5 heteroatoms. The Hall–Kier alpha value is -1.72. The van der Waals surface area contributed by atoms with Crippen molar-refractivity contribution in [2.24, 2.45) is 0 Å². The minimum absolute atomic E-state index is 0.181. The molecule has 1 amide bonds. The zero-order chi connectivity index (χ0) is 13.7. The molecule has 1 aromatic heterocycles. The maximum Gasteiger partial charge on any atom is 0.279 e. The van der Waals surface area contributed by atoms with E-state index in [9.17, 15) is 9.18 Å². The Kier molecular flexibility index (Phi) is 4.65. The first-order chi connectivity index (χ1) is 9.15. The molecule has 1 unspecified atom stereocenters. The number of para-hydroxylation sites is 1. The third-order valence-corrected chi connectivity index (χ3v) is 3.54. The van der Waals surface area contributed by atoms with E-state index in [1.807, 2.05) is 24.6 Å². The smallest absolute Gasteiger partial charge is 0.279 e. The molecule has 0 radical (unpaired) electrons. The molecule has 0 saturated heterocycles. The van der Waals surface area contributed by atoms with Gasteiger partial charge in [-0.25, -0.2) is 4.39 Å². The van der Waals surface area contributed by atoms with Gasteiger partial charge in [-0.2, -0.15) is 0 Å². The number of halogens is 1. The lowest BCUT2D eigenvalue weighted by Gasteiger charge is -2.13. The summed E-state index contributed by atoms with van der Waals surface area (Å²) >= 11 is 1.67. The lowest BCUT2D eigenvalue weighted by atomic mass is 10.3.